The van der Waals surface area contributed by atoms with Gasteiger partial charge in [-0.1, -0.05) is 18.2 Å². The second-order valence-corrected chi connectivity index (χ2v) is 5.69. The number of fused-ring (bicyclic) bond motifs is 1. The van der Waals surface area contributed by atoms with Crippen molar-refractivity contribution in [2.75, 3.05) is 24.5 Å². The average Bonchev–Trinajstić information content (AvgIpc) is 2.67. The number of hydrogen-bond donors (Lipinski definition) is 1. The minimum Gasteiger partial charge on any atom is -0.360 e. The first kappa shape index (κ1) is 15.8. The third-order valence-corrected chi connectivity index (χ3v) is 4.46. The number of nitrogens with zero attached hydrogens (tertiary/aromatic N) is 2. The van der Waals surface area contributed by atoms with E-state index in [0.29, 0.717) is 0 Å². The maximum atomic E-state index is 12.7. The fraction of sp³-hybridized carbons (Fsp3) is 0.588. The molecule has 2 atom stereocenters. The van der Waals surface area contributed by atoms with Gasteiger partial charge < -0.3 is 15.5 Å². The Morgan fingerprint density at radius 2 is 2.05 bits per heavy atom. The van der Waals surface area contributed by atoms with Crippen LogP contribution in [0.5, 0.6) is 0 Å². The highest BCUT2D eigenvalue weighted by Crippen LogP contribution is 2.32. The molecular formula is C17H27N3O. The van der Waals surface area contributed by atoms with Gasteiger partial charge in [0.15, 0.2) is 0 Å². The number of carbonyl (C=O) groups excluding carboxylic acids is 1. The first-order valence-electron chi connectivity index (χ1n) is 8.00. The Morgan fingerprint density at radius 3 is 2.71 bits per heavy atom. The molecular weight excluding hydrogens is 262 g/mol. The summed E-state index contributed by atoms with van der Waals surface area (Å²) in [5, 5.41) is 0. The van der Waals surface area contributed by atoms with Gasteiger partial charge in [0.05, 0.1) is 0 Å². The summed E-state index contributed by atoms with van der Waals surface area (Å²) in [6.45, 7) is 8.47. The maximum Gasteiger partial charge on any atom is 0.244 e. The molecule has 0 radical (unpaired) electrons. The molecule has 1 amide bonds. The lowest BCUT2D eigenvalue weighted by Gasteiger charge is -2.34. The fourth-order valence-corrected chi connectivity index (χ4v) is 3.16. The van der Waals surface area contributed by atoms with Crippen molar-refractivity contribution in [2.24, 2.45) is 5.73 Å². The zero-order chi connectivity index (χ0) is 15.4. The third kappa shape index (κ3) is 3.21. The molecule has 21 heavy (non-hydrogen) atoms. The Bertz CT molecular complexity index is 485. The second-order valence-electron chi connectivity index (χ2n) is 5.69. The monoisotopic (exact) mass is 289 g/mol. The lowest BCUT2D eigenvalue weighted by molar-refractivity contribution is -0.131. The molecule has 2 unspecified atom stereocenters. The molecule has 0 saturated carbocycles. The van der Waals surface area contributed by atoms with Crippen LogP contribution in [0, 0.1) is 0 Å². The van der Waals surface area contributed by atoms with E-state index in [9.17, 15) is 4.79 Å². The van der Waals surface area contributed by atoms with Gasteiger partial charge in [-0.2, -0.15) is 0 Å². The van der Waals surface area contributed by atoms with Crippen LogP contribution in [0.3, 0.4) is 0 Å². The Hall–Kier alpha value is -1.55. The van der Waals surface area contributed by atoms with Gasteiger partial charge in [0, 0.05) is 31.4 Å². The number of para-hydroxylation sites is 1. The SMILES string of the molecule is CCN(CC)C(=O)C(C)N1CCCC(N)c2ccccc21. The van der Waals surface area contributed by atoms with Gasteiger partial charge >= 0.3 is 0 Å². The van der Waals surface area contributed by atoms with Crippen molar-refractivity contribution in [1.29, 1.82) is 0 Å². The summed E-state index contributed by atoms with van der Waals surface area (Å²) in [6.07, 6.45) is 1.99. The third-order valence-electron chi connectivity index (χ3n) is 4.46. The summed E-state index contributed by atoms with van der Waals surface area (Å²) in [7, 11) is 0. The highest BCUT2D eigenvalue weighted by Gasteiger charge is 2.28. The fourth-order valence-electron chi connectivity index (χ4n) is 3.16. The molecule has 1 aliphatic rings. The minimum atomic E-state index is -0.142. The first-order chi connectivity index (χ1) is 10.1. The van der Waals surface area contributed by atoms with Crippen LogP contribution < -0.4 is 10.6 Å². The molecule has 1 heterocycles. The van der Waals surface area contributed by atoms with Crippen LogP contribution in [0.15, 0.2) is 24.3 Å². The average molecular weight is 289 g/mol. The van der Waals surface area contributed by atoms with Crippen molar-refractivity contribution in [3.63, 3.8) is 0 Å². The molecule has 2 N–H and O–H groups in total. The summed E-state index contributed by atoms with van der Waals surface area (Å²) in [6, 6.07) is 8.16. The number of carbonyl (C=O) groups is 1. The summed E-state index contributed by atoms with van der Waals surface area (Å²) in [5.41, 5.74) is 8.56. The number of likely N-dealkylation sites (N-methyl/N-ethyl adjacent to an activating group) is 1. The number of hydrogen-bond acceptors (Lipinski definition) is 3. The van der Waals surface area contributed by atoms with Gasteiger partial charge in [0.2, 0.25) is 5.91 Å². The van der Waals surface area contributed by atoms with E-state index in [-0.39, 0.29) is 18.0 Å². The molecule has 1 aromatic carbocycles. The molecule has 116 valence electrons. The van der Waals surface area contributed by atoms with Gasteiger partial charge in [0.25, 0.3) is 0 Å². The highest BCUT2D eigenvalue weighted by atomic mass is 16.2. The van der Waals surface area contributed by atoms with Crippen LogP contribution >= 0.6 is 0 Å². The highest BCUT2D eigenvalue weighted by molar-refractivity contribution is 5.85. The van der Waals surface area contributed by atoms with E-state index in [2.05, 4.69) is 17.0 Å². The van der Waals surface area contributed by atoms with Crippen LogP contribution in [0.1, 0.15) is 45.2 Å². The van der Waals surface area contributed by atoms with E-state index in [1.807, 2.05) is 37.8 Å². The van der Waals surface area contributed by atoms with Gasteiger partial charge in [-0.05, 0) is 45.2 Å². The normalized spacial score (nSPS) is 19.6. The lowest BCUT2D eigenvalue weighted by atomic mass is 10.0. The second kappa shape index (κ2) is 6.94. The first-order valence-corrected chi connectivity index (χ1v) is 8.00. The zero-order valence-electron chi connectivity index (χ0n) is 13.4. The van der Waals surface area contributed by atoms with Crippen molar-refractivity contribution in [1.82, 2.24) is 4.90 Å². The Labute approximate surface area is 127 Å². The van der Waals surface area contributed by atoms with E-state index >= 15 is 0 Å². The Morgan fingerprint density at radius 1 is 1.38 bits per heavy atom. The molecule has 4 heteroatoms. The topological polar surface area (TPSA) is 49.6 Å². The predicted octanol–water partition coefficient (Wildman–Crippen LogP) is 2.54. The molecule has 0 fully saturated rings. The minimum absolute atomic E-state index is 0.0713. The van der Waals surface area contributed by atoms with Crippen molar-refractivity contribution >= 4 is 11.6 Å². The largest absolute Gasteiger partial charge is 0.360 e. The van der Waals surface area contributed by atoms with E-state index < -0.39 is 0 Å². The molecule has 1 aliphatic heterocycles. The summed E-state index contributed by atoms with van der Waals surface area (Å²) >= 11 is 0. The van der Waals surface area contributed by atoms with Gasteiger partial charge in [0.1, 0.15) is 6.04 Å². The molecule has 0 aromatic heterocycles. The molecule has 0 bridgehead atoms. The Balaban J connectivity index is 2.30. The van der Waals surface area contributed by atoms with Crippen LogP contribution in [0.25, 0.3) is 0 Å². The van der Waals surface area contributed by atoms with Crippen LogP contribution in [0.2, 0.25) is 0 Å². The van der Waals surface area contributed by atoms with Gasteiger partial charge in [-0.3, -0.25) is 4.79 Å². The molecule has 0 spiro atoms. The molecule has 4 nitrogen and oxygen atoms in total. The Kier molecular flexibility index (Phi) is 5.23. The van der Waals surface area contributed by atoms with E-state index in [1.165, 1.54) is 0 Å². The number of anilines is 1. The van der Waals surface area contributed by atoms with Gasteiger partial charge in [-0.15, -0.1) is 0 Å². The van der Waals surface area contributed by atoms with Crippen LogP contribution in [0.4, 0.5) is 5.69 Å². The number of amides is 1. The van der Waals surface area contributed by atoms with E-state index in [1.54, 1.807) is 0 Å². The van der Waals surface area contributed by atoms with Crippen LogP contribution in [-0.2, 0) is 4.79 Å². The van der Waals surface area contributed by atoms with Crippen molar-refractivity contribution in [3.8, 4) is 0 Å². The predicted molar refractivity (Wildman–Crippen MR) is 87.3 cm³/mol. The van der Waals surface area contributed by atoms with E-state index in [0.717, 1.165) is 43.7 Å². The summed E-state index contributed by atoms with van der Waals surface area (Å²) < 4.78 is 0. The summed E-state index contributed by atoms with van der Waals surface area (Å²) in [5.74, 6) is 0.199. The number of rotatable bonds is 4. The van der Waals surface area contributed by atoms with Crippen LogP contribution in [-0.4, -0.2) is 36.5 Å². The van der Waals surface area contributed by atoms with Gasteiger partial charge in [-0.25, -0.2) is 0 Å². The number of nitrogens with two attached hydrogens (primary N) is 1. The molecule has 0 saturated heterocycles. The summed E-state index contributed by atoms with van der Waals surface area (Å²) in [4.78, 5) is 16.8. The standard InChI is InChI=1S/C17H27N3O/c1-4-19(5-2)17(21)13(3)20-12-8-10-15(18)14-9-6-7-11-16(14)20/h6-7,9,11,13,15H,4-5,8,10,12,18H2,1-3H3. The van der Waals surface area contributed by atoms with Crippen molar-refractivity contribution in [2.45, 2.75) is 45.7 Å². The zero-order valence-corrected chi connectivity index (χ0v) is 13.4. The molecule has 1 aromatic rings. The lowest BCUT2D eigenvalue weighted by Crippen LogP contribution is -2.47. The number of benzene rings is 1. The smallest absolute Gasteiger partial charge is 0.244 e. The molecule has 0 aliphatic carbocycles. The van der Waals surface area contributed by atoms with Crippen molar-refractivity contribution in [3.05, 3.63) is 29.8 Å². The quantitative estimate of drug-likeness (QED) is 0.926. The molecule has 2 rings (SSSR count). The van der Waals surface area contributed by atoms with E-state index in [4.69, 9.17) is 5.73 Å². The van der Waals surface area contributed by atoms with Crippen molar-refractivity contribution < 1.29 is 4.79 Å². The maximum absolute atomic E-state index is 12.7.